The first-order valence-corrected chi connectivity index (χ1v) is 9.89. The largest absolute Gasteiger partial charge is 0.365 e. The van der Waals surface area contributed by atoms with Gasteiger partial charge in [-0.15, -0.1) is 0 Å². The van der Waals surface area contributed by atoms with Crippen molar-refractivity contribution >= 4 is 40.5 Å². The van der Waals surface area contributed by atoms with E-state index in [9.17, 15) is 14.9 Å². The Hall–Kier alpha value is -3.13. The van der Waals surface area contributed by atoms with Gasteiger partial charge in [-0.3, -0.25) is 19.3 Å². The number of nitro groups is 1. The Morgan fingerprint density at radius 2 is 2.00 bits per heavy atom. The van der Waals surface area contributed by atoms with Crippen molar-refractivity contribution in [1.82, 2.24) is 9.38 Å². The summed E-state index contributed by atoms with van der Waals surface area (Å²) in [6, 6.07) is 9.74. The third-order valence-corrected chi connectivity index (χ3v) is 5.43. The zero-order chi connectivity index (χ0) is 20.4. The lowest BCUT2D eigenvalue weighted by Crippen LogP contribution is -2.24. The van der Waals surface area contributed by atoms with Gasteiger partial charge >= 0.3 is 0 Å². The smallest absolute Gasteiger partial charge is 0.270 e. The normalized spacial score (nSPS) is 14.7. The van der Waals surface area contributed by atoms with Gasteiger partial charge in [0.05, 0.1) is 15.5 Å². The second kappa shape index (κ2) is 8.08. The number of carbonyl (C=O) groups excluding carboxylic acids is 1. The van der Waals surface area contributed by atoms with Crippen molar-refractivity contribution in [3.05, 3.63) is 63.3 Å². The third-order valence-electron chi connectivity index (χ3n) is 5.12. The van der Waals surface area contributed by atoms with Crippen LogP contribution in [0, 0.1) is 10.1 Å². The Morgan fingerprint density at radius 3 is 2.72 bits per heavy atom. The number of non-ortho nitro benzene ring substituents is 1. The molecule has 8 nitrogen and oxygen atoms in total. The van der Waals surface area contributed by atoms with E-state index in [-0.39, 0.29) is 16.3 Å². The number of rotatable bonds is 5. The average Bonchev–Trinajstić information content (AvgIpc) is 3.05. The molecule has 1 saturated carbocycles. The van der Waals surface area contributed by atoms with E-state index in [0.29, 0.717) is 17.5 Å². The monoisotopic (exact) mass is 413 g/mol. The van der Waals surface area contributed by atoms with E-state index in [4.69, 9.17) is 11.6 Å². The Labute approximate surface area is 172 Å². The van der Waals surface area contributed by atoms with Gasteiger partial charge in [0.2, 0.25) is 0 Å². The minimum atomic E-state index is -0.554. The molecule has 1 aromatic carbocycles. The highest BCUT2D eigenvalue weighted by atomic mass is 35.5. The molecule has 0 unspecified atom stereocenters. The van der Waals surface area contributed by atoms with Crippen LogP contribution in [0.3, 0.4) is 0 Å². The van der Waals surface area contributed by atoms with E-state index < -0.39 is 10.8 Å². The second-order valence-corrected chi connectivity index (χ2v) is 7.50. The molecule has 0 spiro atoms. The zero-order valence-corrected chi connectivity index (χ0v) is 16.4. The number of carbonyl (C=O) groups is 1. The molecule has 2 heterocycles. The van der Waals surface area contributed by atoms with Gasteiger partial charge in [-0.2, -0.15) is 0 Å². The summed E-state index contributed by atoms with van der Waals surface area (Å²) >= 11 is 6.10. The number of benzene rings is 1. The molecule has 2 N–H and O–H groups in total. The number of pyridine rings is 1. The molecule has 1 aliphatic carbocycles. The van der Waals surface area contributed by atoms with Crippen molar-refractivity contribution in [3.63, 3.8) is 0 Å². The van der Waals surface area contributed by atoms with E-state index >= 15 is 0 Å². The summed E-state index contributed by atoms with van der Waals surface area (Å²) in [6.45, 7) is 0. The first-order valence-electron chi connectivity index (χ1n) is 9.52. The molecule has 0 saturated heterocycles. The predicted molar refractivity (Wildman–Crippen MR) is 112 cm³/mol. The highest BCUT2D eigenvalue weighted by Gasteiger charge is 2.21. The van der Waals surface area contributed by atoms with Crippen molar-refractivity contribution in [3.8, 4) is 0 Å². The lowest BCUT2D eigenvalue weighted by Gasteiger charge is -2.24. The van der Waals surface area contributed by atoms with Gasteiger partial charge in [0.15, 0.2) is 11.6 Å². The van der Waals surface area contributed by atoms with Gasteiger partial charge in [0, 0.05) is 24.4 Å². The van der Waals surface area contributed by atoms with E-state index in [1.54, 1.807) is 0 Å². The topological polar surface area (TPSA) is 102 Å². The fraction of sp³-hybridized carbons (Fsp3) is 0.300. The molecule has 1 aliphatic rings. The number of nitro benzene ring substituents is 1. The van der Waals surface area contributed by atoms with Crippen molar-refractivity contribution < 1.29 is 9.72 Å². The molecule has 2 aromatic heterocycles. The average molecular weight is 414 g/mol. The number of imidazole rings is 1. The van der Waals surface area contributed by atoms with Gasteiger partial charge in [0.25, 0.3) is 11.6 Å². The molecule has 3 aromatic rings. The Kier molecular flexibility index (Phi) is 5.35. The van der Waals surface area contributed by atoms with Crippen LogP contribution < -0.4 is 10.6 Å². The Balaban J connectivity index is 1.64. The number of hydrogen-bond acceptors (Lipinski definition) is 5. The molecule has 9 heteroatoms. The van der Waals surface area contributed by atoms with Crippen LogP contribution >= 0.6 is 11.6 Å². The van der Waals surface area contributed by atoms with E-state index in [1.165, 1.54) is 37.5 Å². The summed E-state index contributed by atoms with van der Waals surface area (Å²) in [6.07, 6.45) is 7.63. The number of amides is 1. The molecule has 150 valence electrons. The molecular formula is C20H20ClN5O3. The van der Waals surface area contributed by atoms with Gasteiger partial charge < -0.3 is 10.6 Å². The summed E-state index contributed by atoms with van der Waals surface area (Å²) in [4.78, 5) is 27.7. The van der Waals surface area contributed by atoms with E-state index in [0.717, 1.165) is 18.7 Å². The van der Waals surface area contributed by atoms with Crippen LogP contribution in [-0.4, -0.2) is 26.3 Å². The minimum absolute atomic E-state index is 0.0160. The second-order valence-electron chi connectivity index (χ2n) is 7.09. The molecule has 0 atom stereocenters. The highest BCUT2D eigenvalue weighted by Crippen LogP contribution is 2.29. The van der Waals surface area contributed by atoms with Crippen LogP contribution in [0.15, 0.2) is 42.6 Å². The molecule has 0 radical (unpaired) electrons. The fourth-order valence-electron chi connectivity index (χ4n) is 3.64. The summed E-state index contributed by atoms with van der Waals surface area (Å²) in [5, 5.41) is 17.2. The van der Waals surface area contributed by atoms with Crippen molar-refractivity contribution in [1.29, 1.82) is 0 Å². The lowest BCUT2D eigenvalue weighted by atomic mass is 9.95. The number of aromatic nitrogens is 2. The Morgan fingerprint density at radius 1 is 1.21 bits per heavy atom. The van der Waals surface area contributed by atoms with Crippen LogP contribution in [-0.2, 0) is 0 Å². The molecule has 0 aliphatic heterocycles. The maximum absolute atomic E-state index is 12.8. The van der Waals surface area contributed by atoms with Gasteiger partial charge in [-0.05, 0) is 31.0 Å². The maximum atomic E-state index is 12.8. The quantitative estimate of drug-likeness (QED) is 0.458. The fourth-order valence-corrected chi connectivity index (χ4v) is 3.90. The number of nitrogens with zero attached hydrogens (tertiary/aromatic N) is 3. The molecular weight excluding hydrogens is 394 g/mol. The standard InChI is InChI=1S/C20H20ClN5O3/c21-16-12-14(26(28)29)9-10-15(16)20(27)24-18-19(22-13-6-2-1-3-7-13)25-11-5-4-8-17(25)23-18/h4-5,8-13,22H,1-3,6-7H2,(H,24,27). The van der Waals surface area contributed by atoms with Crippen molar-refractivity contribution in [2.24, 2.45) is 0 Å². The maximum Gasteiger partial charge on any atom is 0.270 e. The Bertz CT molecular complexity index is 1080. The number of halogens is 1. The van der Waals surface area contributed by atoms with Crippen LogP contribution in [0.2, 0.25) is 5.02 Å². The summed E-state index contributed by atoms with van der Waals surface area (Å²) < 4.78 is 1.90. The SMILES string of the molecule is O=C(Nc1nc2ccccn2c1NC1CCCCC1)c1ccc([N+](=O)[O-])cc1Cl. The van der Waals surface area contributed by atoms with Gasteiger partial charge in [0.1, 0.15) is 5.65 Å². The first-order chi connectivity index (χ1) is 14.0. The molecule has 29 heavy (non-hydrogen) atoms. The van der Waals surface area contributed by atoms with E-state index in [2.05, 4.69) is 15.6 Å². The van der Waals surface area contributed by atoms with Gasteiger partial charge in [-0.25, -0.2) is 4.98 Å². The number of fused-ring (bicyclic) bond motifs is 1. The van der Waals surface area contributed by atoms with Crippen LogP contribution in [0.4, 0.5) is 17.3 Å². The molecule has 0 bridgehead atoms. The number of nitrogens with one attached hydrogen (secondary N) is 2. The molecule has 1 fully saturated rings. The third kappa shape index (κ3) is 4.02. The summed E-state index contributed by atoms with van der Waals surface area (Å²) in [5.41, 5.74) is 0.688. The van der Waals surface area contributed by atoms with Gasteiger partial charge in [-0.1, -0.05) is 36.9 Å². The lowest BCUT2D eigenvalue weighted by molar-refractivity contribution is -0.384. The number of hydrogen-bond donors (Lipinski definition) is 2. The van der Waals surface area contributed by atoms with Crippen LogP contribution in [0.25, 0.3) is 5.65 Å². The molecule has 4 rings (SSSR count). The predicted octanol–water partition coefficient (Wildman–Crippen LogP) is 4.89. The van der Waals surface area contributed by atoms with Crippen LogP contribution in [0.5, 0.6) is 0 Å². The summed E-state index contributed by atoms with van der Waals surface area (Å²) in [7, 11) is 0. The van der Waals surface area contributed by atoms with Crippen LogP contribution in [0.1, 0.15) is 42.5 Å². The first kappa shape index (κ1) is 19.2. The molecule has 1 amide bonds. The van der Waals surface area contributed by atoms with Crippen molar-refractivity contribution in [2.75, 3.05) is 10.6 Å². The summed E-state index contributed by atoms with van der Waals surface area (Å²) in [5.74, 6) is 0.653. The van der Waals surface area contributed by atoms with E-state index in [1.807, 2.05) is 28.8 Å². The minimum Gasteiger partial charge on any atom is -0.365 e. The highest BCUT2D eigenvalue weighted by molar-refractivity contribution is 6.34. The zero-order valence-electron chi connectivity index (χ0n) is 15.6. The van der Waals surface area contributed by atoms with Crippen molar-refractivity contribution in [2.45, 2.75) is 38.1 Å². The number of anilines is 2.